The first-order valence-corrected chi connectivity index (χ1v) is 3.94. The summed E-state index contributed by atoms with van der Waals surface area (Å²) >= 11 is 0. The molecular weight excluding hydrogens is 148 g/mol. The van der Waals surface area contributed by atoms with Crippen LogP contribution in [0.15, 0.2) is 30.3 Å². The minimum absolute atomic E-state index is 0.821. The van der Waals surface area contributed by atoms with Crippen molar-refractivity contribution in [1.29, 1.82) is 0 Å². The Labute approximate surface area is 72.7 Å². The van der Waals surface area contributed by atoms with Crippen LogP contribution in [-0.4, -0.2) is 6.29 Å². The maximum absolute atomic E-state index is 10.2. The van der Waals surface area contributed by atoms with Crippen molar-refractivity contribution < 1.29 is 4.79 Å². The number of hydrogen-bond acceptors (Lipinski definition) is 1. The van der Waals surface area contributed by atoms with Gasteiger partial charge < -0.3 is 0 Å². The summed E-state index contributed by atoms with van der Waals surface area (Å²) in [5, 5.41) is 0. The number of carbonyl (C=O) groups excluding carboxylic acids is 1. The van der Waals surface area contributed by atoms with Crippen LogP contribution in [0.4, 0.5) is 0 Å². The van der Waals surface area contributed by atoms with Gasteiger partial charge in [-0.1, -0.05) is 24.3 Å². The number of benzene rings is 1. The lowest BCUT2D eigenvalue weighted by molar-refractivity contribution is -0.104. The van der Waals surface area contributed by atoms with Gasteiger partial charge in [0, 0.05) is 0 Å². The first kappa shape index (κ1) is 8.72. The molecule has 0 saturated carbocycles. The molecule has 0 saturated heterocycles. The number of rotatable bonds is 2. The fourth-order valence-electron chi connectivity index (χ4n) is 1.21. The molecule has 0 N–H and O–H groups in total. The van der Waals surface area contributed by atoms with Gasteiger partial charge in [-0.3, -0.25) is 4.79 Å². The monoisotopic (exact) mass is 160 g/mol. The first-order valence-electron chi connectivity index (χ1n) is 3.94. The first-order chi connectivity index (χ1) is 5.75. The molecule has 0 unspecified atom stereocenters. The average molecular weight is 160 g/mol. The van der Waals surface area contributed by atoms with Crippen molar-refractivity contribution >= 4 is 11.9 Å². The van der Waals surface area contributed by atoms with E-state index in [1.54, 1.807) is 6.08 Å². The van der Waals surface area contributed by atoms with Crippen LogP contribution in [0, 0.1) is 6.92 Å². The molecule has 0 fully saturated rings. The van der Waals surface area contributed by atoms with E-state index in [0.717, 1.165) is 17.4 Å². The zero-order chi connectivity index (χ0) is 8.97. The lowest BCUT2D eigenvalue weighted by Gasteiger charge is -2.03. The summed E-state index contributed by atoms with van der Waals surface area (Å²) in [5.41, 5.74) is 3.36. The van der Waals surface area contributed by atoms with Gasteiger partial charge in [0.1, 0.15) is 6.29 Å². The maximum atomic E-state index is 10.2. The standard InChI is InChI=1S/C11H12O/c1-9-5-3-4-6-11(9)10(2)7-8-12/h3-8H,1-2H3/b10-7-. The second-order valence-corrected chi connectivity index (χ2v) is 2.80. The molecule has 0 bridgehead atoms. The second-order valence-electron chi connectivity index (χ2n) is 2.80. The lowest BCUT2D eigenvalue weighted by Crippen LogP contribution is -1.84. The zero-order valence-corrected chi connectivity index (χ0v) is 7.37. The van der Waals surface area contributed by atoms with Crippen LogP contribution >= 0.6 is 0 Å². The van der Waals surface area contributed by atoms with E-state index < -0.39 is 0 Å². The molecule has 0 atom stereocenters. The van der Waals surface area contributed by atoms with E-state index in [0.29, 0.717) is 0 Å². The van der Waals surface area contributed by atoms with E-state index in [1.807, 2.05) is 38.1 Å². The molecule has 12 heavy (non-hydrogen) atoms. The van der Waals surface area contributed by atoms with E-state index in [4.69, 9.17) is 0 Å². The molecule has 0 aliphatic rings. The van der Waals surface area contributed by atoms with Crippen LogP contribution in [0.25, 0.3) is 5.57 Å². The second kappa shape index (κ2) is 3.86. The fraction of sp³-hybridized carbons (Fsp3) is 0.182. The van der Waals surface area contributed by atoms with Gasteiger partial charge in [0.25, 0.3) is 0 Å². The summed E-state index contributed by atoms with van der Waals surface area (Å²) in [6.07, 6.45) is 2.41. The summed E-state index contributed by atoms with van der Waals surface area (Å²) in [6, 6.07) is 8.03. The molecular formula is C11H12O. The van der Waals surface area contributed by atoms with Gasteiger partial charge in [-0.05, 0) is 36.6 Å². The minimum Gasteiger partial charge on any atom is -0.299 e. The Balaban J connectivity index is 3.10. The predicted octanol–water partition coefficient (Wildman–Crippen LogP) is 2.60. The molecule has 0 heterocycles. The number of hydrogen-bond donors (Lipinski definition) is 0. The van der Waals surface area contributed by atoms with Crippen molar-refractivity contribution in [2.75, 3.05) is 0 Å². The van der Waals surface area contributed by atoms with Crippen LogP contribution in [0.5, 0.6) is 0 Å². The zero-order valence-electron chi connectivity index (χ0n) is 7.37. The largest absolute Gasteiger partial charge is 0.299 e. The Morgan fingerprint density at radius 3 is 2.58 bits per heavy atom. The predicted molar refractivity (Wildman–Crippen MR) is 50.9 cm³/mol. The topological polar surface area (TPSA) is 17.1 Å². The molecule has 1 nitrogen and oxygen atoms in total. The number of carbonyl (C=O) groups is 1. The molecule has 0 aliphatic carbocycles. The van der Waals surface area contributed by atoms with Gasteiger partial charge in [0.15, 0.2) is 0 Å². The van der Waals surface area contributed by atoms with Crippen LogP contribution in [-0.2, 0) is 4.79 Å². The van der Waals surface area contributed by atoms with Crippen LogP contribution in [0.3, 0.4) is 0 Å². The third-order valence-electron chi connectivity index (χ3n) is 1.89. The van der Waals surface area contributed by atoms with Crippen molar-refractivity contribution in [1.82, 2.24) is 0 Å². The van der Waals surface area contributed by atoms with Gasteiger partial charge in [0.2, 0.25) is 0 Å². The Morgan fingerprint density at radius 1 is 1.33 bits per heavy atom. The quantitative estimate of drug-likeness (QED) is 0.480. The van der Waals surface area contributed by atoms with Gasteiger partial charge in [-0.25, -0.2) is 0 Å². The molecule has 1 heteroatoms. The van der Waals surface area contributed by atoms with Crippen molar-refractivity contribution in [3.8, 4) is 0 Å². The molecule has 62 valence electrons. The molecule has 1 rings (SSSR count). The summed E-state index contributed by atoms with van der Waals surface area (Å²) in [4.78, 5) is 10.2. The number of aldehydes is 1. The molecule has 0 spiro atoms. The molecule has 0 radical (unpaired) electrons. The minimum atomic E-state index is 0.821. The Bertz CT molecular complexity index is 311. The third-order valence-corrected chi connectivity index (χ3v) is 1.89. The van der Waals surface area contributed by atoms with E-state index in [1.165, 1.54) is 5.56 Å². The van der Waals surface area contributed by atoms with Gasteiger partial charge in [-0.2, -0.15) is 0 Å². The SMILES string of the molecule is C/C(=C/C=O)c1ccccc1C. The highest BCUT2D eigenvalue weighted by Gasteiger charge is 1.97. The normalized spacial score (nSPS) is 11.3. The van der Waals surface area contributed by atoms with Crippen molar-refractivity contribution in [3.63, 3.8) is 0 Å². The van der Waals surface area contributed by atoms with Gasteiger partial charge in [0.05, 0.1) is 0 Å². The van der Waals surface area contributed by atoms with E-state index in [2.05, 4.69) is 0 Å². The molecule has 1 aromatic rings. The summed E-state index contributed by atoms with van der Waals surface area (Å²) in [7, 11) is 0. The molecule has 0 aliphatic heterocycles. The molecule has 0 aromatic heterocycles. The highest BCUT2D eigenvalue weighted by atomic mass is 16.1. The Morgan fingerprint density at radius 2 is 2.00 bits per heavy atom. The summed E-state index contributed by atoms with van der Waals surface area (Å²) < 4.78 is 0. The van der Waals surface area contributed by atoms with Gasteiger partial charge in [-0.15, -0.1) is 0 Å². The number of aryl methyl sites for hydroxylation is 1. The average Bonchev–Trinajstić information content (AvgIpc) is 2.05. The van der Waals surface area contributed by atoms with E-state index in [9.17, 15) is 4.79 Å². The highest BCUT2D eigenvalue weighted by molar-refractivity contribution is 5.81. The third kappa shape index (κ3) is 1.82. The molecule has 0 amide bonds. The summed E-state index contributed by atoms with van der Waals surface area (Å²) in [6.45, 7) is 3.98. The summed E-state index contributed by atoms with van der Waals surface area (Å²) in [5.74, 6) is 0. The van der Waals surface area contributed by atoms with Crippen LogP contribution in [0.1, 0.15) is 18.1 Å². The van der Waals surface area contributed by atoms with Crippen LogP contribution < -0.4 is 0 Å². The fourth-order valence-corrected chi connectivity index (χ4v) is 1.21. The maximum Gasteiger partial charge on any atom is 0.143 e. The van der Waals surface area contributed by atoms with Crippen molar-refractivity contribution in [3.05, 3.63) is 41.5 Å². The van der Waals surface area contributed by atoms with Crippen LogP contribution in [0.2, 0.25) is 0 Å². The smallest absolute Gasteiger partial charge is 0.143 e. The van der Waals surface area contributed by atoms with Crippen molar-refractivity contribution in [2.45, 2.75) is 13.8 Å². The van der Waals surface area contributed by atoms with E-state index in [-0.39, 0.29) is 0 Å². The van der Waals surface area contributed by atoms with Crippen molar-refractivity contribution in [2.24, 2.45) is 0 Å². The highest BCUT2D eigenvalue weighted by Crippen LogP contribution is 2.16. The Kier molecular flexibility index (Phi) is 2.81. The number of allylic oxidation sites excluding steroid dienone is 2. The van der Waals surface area contributed by atoms with E-state index >= 15 is 0 Å². The lowest BCUT2D eigenvalue weighted by atomic mass is 10.0. The molecule has 1 aromatic carbocycles. The van der Waals surface area contributed by atoms with Gasteiger partial charge >= 0.3 is 0 Å². The Hall–Kier alpha value is -1.37.